The highest BCUT2D eigenvalue weighted by Crippen LogP contribution is 2.19. The van der Waals surface area contributed by atoms with Crippen LogP contribution in [0.15, 0.2) is 83.1 Å². The van der Waals surface area contributed by atoms with Crippen molar-refractivity contribution in [1.82, 2.24) is 0 Å². The molecule has 0 nitrogen and oxygen atoms in total. The molecule has 0 rings (SSSR count). The highest BCUT2D eigenvalue weighted by molar-refractivity contribution is 5.49. The summed E-state index contributed by atoms with van der Waals surface area (Å²) in [6.07, 6.45) is 12.3. The molecule has 0 aromatic rings. The molecule has 0 N–H and O–H groups in total. The van der Waals surface area contributed by atoms with Crippen LogP contribution >= 0.6 is 0 Å². The summed E-state index contributed by atoms with van der Waals surface area (Å²) in [5.41, 5.74) is 7.34. The van der Waals surface area contributed by atoms with Crippen LogP contribution in [0.2, 0.25) is 0 Å². The normalized spacial score (nSPS) is 13.3. The van der Waals surface area contributed by atoms with E-state index in [-0.39, 0.29) is 0 Å². The maximum Gasteiger partial charge on any atom is -0.0228 e. The molecular weight excluding hydrogens is 240 g/mol. The highest BCUT2D eigenvalue weighted by Gasteiger charge is 1.99. The van der Waals surface area contributed by atoms with E-state index in [1.165, 1.54) is 27.9 Å². The summed E-state index contributed by atoms with van der Waals surface area (Å²) in [6, 6.07) is 0. The molecule has 0 heterocycles. The van der Waals surface area contributed by atoms with E-state index >= 15 is 0 Å². The minimum Gasteiger partial charge on any atom is -0.0990 e. The monoisotopic (exact) mass is 268 g/mol. The Hall–Kier alpha value is -1.82. The van der Waals surface area contributed by atoms with Gasteiger partial charge in [0.25, 0.3) is 0 Å². The Labute approximate surface area is 125 Å². The van der Waals surface area contributed by atoms with Crippen LogP contribution in [-0.4, -0.2) is 0 Å². The maximum atomic E-state index is 3.92. The summed E-state index contributed by atoms with van der Waals surface area (Å²) in [7, 11) is 0. The van der Waals surface area contributed by atoms with Gasteiger partial charge >= 0.3 is 0 Å². The summed E-state index contributed by atoms with van der Waals surface area (Å²) in [6.45, 7) is 20.4. The molecule has 0 spiro atoms. The Morgan fingerprint density at radius 3 is 1.70 bits per heavy atom. The van der Waals surface area contributed by atoms with E-state index in [1.807, 2.05) is 18.2 Å². The van der Waals surface area contributed by atoms with Crippen LogP contribution in [0.5, 0.6) is 0 Å². The first-order valence-corrected chi connectivity index (χ1v) is 6.96. The van der Waals surface area contributed by atoms with Gasteiger partial charge in [0.2, 0.25) is 0 Å². The molecule has 0 aliphatic carbocycles. The number of rotatable bonds is 6. The predicted octanol–water partition coefficient (Wildman–Crippen LogP) is 6.48. The van der Waals surface area contributed by atoms with Gasteiger partial charge in [-0.3, -0.25) is 0 Å². The first-order chi connectivity index (χ1) is 9.31. The topological polar surface area (TPSA) is 0 Å². The Morgan fingerprint density at radius 1 is 0.750 bits per heavy atom. The molecule has 0 aromatic heterocycles. The van der Waals surface area contributed by atoms with Crippen molar-refractivity contribution in [2.45, 2.75) is 41.5 Å². The van der Waals surface area contributed by atoms with E-state index in [0.29, 0.717) is 0 Å². The first-order valence-electron chi connectivity index (χ1n) is 6.96. The van der Waals surface area contributed by atoms with Crippen LogP contribution < -0.4 is 0 Å². The van der Waals surface area contributed by atoms with E-state index in [1.54, 1.807) is 0 Å². The molecule has 0 aliphatic rings. The van der Waals surface area contributed by atoms with Crippen molar-refractivity contribution in [3.63, 3.8) is 0 Å². The average molecular weight is 268 g/mol. The Bertz CT molecular complexity index is 506. The third-order valence-corrected chi connectivity index (χ3v) is 2.75. The second-order valence-electron chi connectivity index (χ2n) is 5.47. The molecule has 0 fully saturated rings. The lowest BCUT2D eigenvalue weighted by Gasteiger charge is -2.06. The van der Waals surface area contributed by atoms with Gasteiger partial charge in [-0.1, -0.05) is 60.8 Å². The smallest absolute Gasteiger partial charge is 0.0228 e. The molecular formula is C20H28. The highest BCUT2D eigenvalue weighted by atomic mass is 14.0. The Morgan fingerprint density at radius 2 is 1.30 bits per heavy atom. The minimum absolute atomic E-state index is 1.15. The molecule has 108 valence electrons. The van der Waals surface area contributed by atoms with Crippen molar-refractivity contribution < 1.29 is 0 Å². The lowest BCUT2D eigenvalue weighted by Crippen LogP contribution is -1.87. The standard InChI is InChI=1S/C20H28/c1-9-11-20(13-16(5)6)18(8)14-19(10-2)17(7)12-15(3)4/h9-14H,1-2H2,3-8H3/b18-14+,19-17+,20-11+. The number of hydrogen-bond acceptors (Lipinski definition) is 0. The van der Waals surface area contributed by atoms with Gasteiger partial charge in [-0.15, -0.1) is 0 Å². The van der Waals surface area contributed by atoms with Crippen molar-refractivity contribution in [2.24, 2.45) is 0 Å². The van der Waals surface area contributed by atoms with Crippen LogP contribution in [0, 0.1) is 0 Å². The van der Waals surface area contributed by atoms with Gasteiger partial charge in [-0.05, 0) is 63.8 Å². The van der Waals surface area contributed by atoms with E-state index < -0.39 is 0 Å². The molecule has 0 saturated carbocycles. The minimum atomic E-state index is 1.15. The maximum absolute atomic E-state index is 3.92. The van der Waals surface area contributed by atoms with E-state index in [0.717, 1.165) is 5.57 Å². The quantitative estimate of drug-likeness (QED) is 0.484. The predicted molar refractivity (Wildman–Crippen MR) is 93.8 cm³/mol. The van der Waals surface area contributed by atoms with Gasteiger partial charge in [0.1, 0.15) is 0 Å². The van der Waals surface area contributed by atoms with Crippen LogP contribution in [-0.2, 0) is 0 Å². The largest absolute Gasteiger partial charge is 0.0990 e. The van der Waals surface area contributed by atoms with Crippen molar-refractivity contribution in [3.05, 3.63) is 83.1 Å². The summed E-state index contributed by atoms with van der Waals surface area (Å²) in [5.74, 6) is 0. The van der Waals surface area contributed by atoms with E-state index in [2.05, 4.69) is 72.9 Å². The van der Waals surface area contributed by atoms with Gasteiger partial charge < -0.3 is 0 Å². The van der Waals surface area contributed by atoms with Crippen LogP contribution in [0.25, 0.3) is 0 Å². The zero-order valence-corrected chi connectivity index (χ0v) is 13.9. The fraction of sp³-hybridized carbons (Fsp3) is 0.300. The molecule has 0 radical (unpaired) electrons. The molecule has 0 heteroatoms. The van der Waals surface area contributed by atoms with Gasteiger partial charge in [-0.2, -0.15) is 0 Å². The second kappa shape index (κ2) is 9.14. The molecule has 0 aromatic carbocycles. The molecule has 0 unspecified atom stereocenters. The SMILES string of the molecule is C=C/C=C(C=C(C)C)/C(C)=C/C(C=C)=C(\C)C=C(C)C. The lowest BCUT2D eigenvalue weighted by molar-refractivity contribution is 1.31. The van der Waals surface area contributed by atoms with Gasteiger partial charge in [-0.25, -0.2) is 0 Å². The van der Waals surface area contributed by atoms with Crippen molar-refractivity contribution in [2.75, 3.05) is 0 Å². The van der Waals surface area contributed by atoms with Crippen LogP contribution in [0.1, 0.15) is 41.5 Å². The third-order valence-electron chi connectivity index (χ3n) is 2.75. The third kappa shape index (κ3) is 6.94. The van der Waals surface area contributed by atoms with Crippen LogP contribution in [0.4, 0.5) is 0 Å². The molecule has 0 aliphatic heterocycles. The fourth-order valence-corrected chi connectivity index (χ4v) is 1.90. The number of allylic oxidation sites excluding steroid dienone is 12. The Kier molecular flexibility index (Phi) is 8.31. The molecule has 0 amide bonds. The molecule has 0 atom stereocenters. The zero-order valence-electron chi connectivity index (χ0n) is 13.9. The van der Waals surface area contributed by atoms with Crippen molar-refractivity contribution in [1.29, 1.82) is 0 Å². The van der Waals surface area contributed by atoms with Gasteiger partial charge in [0.15, 0.2) is 0 Å². The molecule has 0 saturated heterocycles. The van der Waals surface area contributed by atoms with E-state index in [4.69, 9.17) is 0 Å². The fourth-order valence-electron chi connectivity index (χ4n) is 1.90. The first kappa shape index (κ1) is 18.2. The summed E-state index contributed by atoms with van der Waals surface area (Å²) in [5, 5.41) is 0. The van der Waals surface area contributed by atoms with Gasteiger partial charge in [0.05, 0.1) is 0 Å². The zero-order chi connectivity index (χ0) is 15.7. The molecule has 0 bridgehead atoms. The molecule has 20 heavy (non-hydrogen) atoms. The number of hydrogen-bond donors (Lipinski definition) is 0. The Balaban J connectivity index is 5.74. The van der Waals surface area contributed by atoms with Crippen LogP contribution in [0.3, 0.4) is 0 Å². The summed E-state index contributed by atoms with van der Waals surface area (Å²) >= 11 is 0. The second-order valence-corrected chi connectivity index (χ2v) is 5.47. The van der Waals surface area contributed by atoms with E-state index in [9.17, 15) is 0 Å². The average Bonchev–Trinajstić information content (AvgIpc) is 2.33. The van der Waals surface area contributed by atoms with Crippen molar-refractivity contribution >= 4 is 0 Å². The summed E-state index contributed by atoms with van der Waals surface area (Å²) < 4.78 is 0. The lowest BCUT2D eigenvalue weighted by atomic mass is 9.99. The summed E-state index contributed by atoms with van der Waals surface area (Å²) in [4.78, 5) is 0. The van der Waals surface area contributed by atoms with Crippen molar-refractivity contribution in [3.8, 4) is 0 Å². The van der Waals surface area contributed by atoms with Gasteiger partial charge in [0, 0.05) is 0 Å².